The predicted molar refractivity (Wildman–Crippen MR) is 87.0 cm³/mol. The number of ether oxygens (including phenoxy) is 1. The molecule has 0 spiro atoms. The molecule has 22 heavy (non-hydrogen) atoms. The molecule has 2 fully saturated rings. The van der Waals surface area contributed by atoms with Crippen molar-refractivity contribution in [1.82, 2.24) is 9.80 Å². The number of rotatable bonds is 3. The van der Waals surface area contributed by atoms with Gasteiger partial charge in [-0.25, -0.2) is 0 Å². The molecule has 1 heterocycles. The standard InChI is InChI=1S/C18H26N2O2/c1-22-17-10-6-5-9-16(17)19-11-13-20(14-12-19)18(21)15-7-3-2-4-8-15/h2-4,7-8,16-17H,5-6,9-14H2,1H3/t16-,17-/m0/s1. The Morgan fingerprint density at radius 2 is 1.73 bits per heavy atom. The SMILES string of the molecule is CO[C@H]1CCCC[C@@H]1N1CCN(C(=O)c2ccccc2)CC1. The van der Waals surface area contributed by atoms with E-state index in [1.165, 1.54) is 25.7 Å². The van der Waals surface area contributed by atoms with Crippen molar-refractivity contribution in [2.45, 2.75) is 37.8 Å². The first-order valence-corrected chi connectivity index (χ1v) is 8.41. The first-order valence-electron chi connectivity index (χ1n) is 8.41. The van der Waals surface area contributed by atoms with Crippen molar-refractivity contribution in [3.05, 3.63) is 35.9 Å². The van der Waals surface area contributed by atoms with Crippen LogP contribution in [0.2, 0.25) is 0 Å². The Morgan fingerprint density at radius 3 is 2.41 bits per heavy atom. The molecule has 4 nitrogen and oxygen atoms in total. The van der Waals surface area contributed by atoms with Gasteiger partial charge in [-0.3, -0.25) is 9.69 Å². The van der Waals surface area contributed by atoms with Gasteiger partial charge in [0.25, 0.3) is 5.91 Å². The minimum absolute atomic E-state index is 0.159. The summed E-state index contributed by atoms with van der Waals surface area (Å²) in [6.45, 7) is 3.56. The monoisotopic (exact) mass is 302 g/mol. The van der Waals surface area contributed by atoms with Crippen LogP contribution in [0.3, 0.4) is 0 Å². The van der Waals surface area contributed by atoms with Gasteiger partial charge in [0.2, 0.25) is 0 Å². The van der Waals surface area contributed by atoms with E-state index in [0.717, 1.165) is 31.7 Å². The summed E-state index contributed by atoms with van der Waals surface area (Å²) in [7, 11) is 1.83. The molecule has 1 amide bonds. The van der Waals surface area contributed by atoms with E-state index < -0.39 is 0 Å². The van der Waals surface area contributed by atoms with Crippen molar-refractivity contribution in [2.24, 2.45) is 0 Å². The van der Waals surface area contributed by atoms with E-state index in [1.807, 2.05) is 42.3 Å². The maximum Gasteiger partial charge on any atom is 0.253 e. The van der Waals surface area contributed by atoms with Gasteiger partial charge in [-0.2, -0.15) is 0 Å². The summed E-state index contributed by atoms with van der Waals surface area (Å²) >= 11 is 0. The lowest BCUT2D eigenvalue weighted by Gasteiger charge is -2.43. The zero-order valence-electron chi connectivity index (χ0n) is 13.4. The second-order valence-electron chi connectivity index (χ2n) is 6.32. The van der Waals surface area contributed by atoms with E-state index in [1.54, 1.807) is 0 Å². The van der Waals surface area contributed by atoms with Crippen LogP contribution in [-0.4, -0.2) is 61.1 Å². The molecular formula is C18H26N2O2. The minimum Gasteiger partial charge on any atom is -0.380 e. The number of hydrogen-bond donors (Lipinski definition) is 0. The smallest absolute Gasteiger partial charge is 0.253 e. The van der Waals surface area contributed by atoms with Gasteiger partial charge < -0.3 is 9.64 Å². The molecule has 4 heteroatoms. The molecule has 2 atom stereocenters. The van der Waals surface area contributed by atoms with Crippen molar-refractivity contribution < 1.29 is 9.53 Å². The topological polar surface area (TPSA) is 32.8 Å². The zero-order valence-corrected chi connectivity index (χ0v) is 13.4. The number of benzene rings is 1. The first-order chi connectivity index (χ1) is 10.8. The van der Waals surface area contributed by atoms with E-state index in [0.29, 0.717) is 12.1 Å². The summed E-state index contributed by atoms with van der Waals surface area (Å²) in [5, 5.41) is 0. The fourth-order valence-electron chi connectivity index (χ4n) is 3.79. The summed E-state index contributed by atoms with van der Waals surface area (Å²) in [6, 6.07) is 10.1. The third-order valence-corrected chi connectivity index (χ3v) is 5.06. The molecule has 3 rings (SSSR count). The fourth-order valence-corrected chi connectivity index (χ4v) is 3.79. The van der Waals surface area contributed by atoms with E-state index in [-0.39, 0.29) is 5.91 Å². The third-order valence-electron chi connectivity index (χ3n) is 5.06. The van der Waals surface area contributed by atoms with Crippen molar-refractivity contribution in [3.8, 4) is 0 Å². The predicted octanol–water partition coefficient (Wildman–Crippen LogP) is 2.40. The van der Waals surface area contributed by atoms with Crippen LogP contribution in [0.1, 0.15) is 36.0 Å². The van der Waals surface area contributed by atoms with E-state index in [9.17, 15) is 4.79 Å². The summed E-state index contributed by atoms with van der Waals surface area (Å²) < 4.78 is 5.68. The van der Waals surface area contributed by atoms with Gasteiger partial charge in [0.05, 0.1) is 6.10 Å². The second kappa shape index (κ2) is 7.25. The molecule has 1 aliphatic carbocycles. The molecule has 1 aliphatic heterocycles. The molecule has 1 aromatic carbocycles. The Hall–Kier alpha value is -1.39. The van der Waals surface area contributed by atoms with Crippen LogP contribution in [0.5, 0.6) is 0 Å². The largest absolute Gasteiger partial charge is 0.380 e. The van der Waals surface area contributed by atoms with Gasteiger partial charge in [-0.05, 0) is 25.0 Å². The van der Waals surface area contributed by atoms with Gasteiger partial charge in [-0.15, -0.1) is 0 Å². The Labute approximate surface area is 133 Å². The third kappa shape index (κ3) is 3.33. The molecule has 0 unspecified atom stereocenters. The Bertz CT molecular complexity index is 483. The maximum atomic E-state index is 12.5. The highest BCUT2D eigenvalue weighted by atomic mass is 16.5. The molecule has 0 N–H and O–H groups in total. The molecular weight excluding hydrogens is 276 g/mol. The lowest BCUT2D eigenvalue weighted by atomic mass is 9.90. The number of hydrogen-bond acceptors (Lipinski definition) is 3. The number of carbonyl (C=O) groups excluding carboxylic acids is 1. The Kier molecular flexibility index (Phi) is 5.11. The summed E-state index contributed by atoms with van der Waals surface area (Å²) in [4.78, 5) is 17.0. The summed E-state index contributed by atoms with van der Waals surface area (Å²) in [5.74, 6) is 0.159. The van der Waals surface area contributed by atoms with Gasteiger partial charge in [-0.1, -0.05) is 31.0 Å². The highest BCUT2D eigenvalue weighted by Gasteiger charge is 2.33. The highest BCUT2D eigenvalue weighted by Crippen LogP contribution is 2.26. The molecule has 1 saturated heterocycles. The van der Waals surface area contributed by atoms with Crippen molar-refractivity contribution in [2.75, 3.05) is 33.3 Å². The molecule has 0 aromatic heterocycles. The molecule has 0 bridgehead atoms. The second-order valence-corrected chi connectivity index (χ2v) is 6.32. The van der Waals surface area contributed by atoms with Crippen LogP contribution < -0.4 is 0 Å². The average molecular weight is 302 g/mol. The summed E-state index contributed by atoms with van der Waals surface area (Å²) in [6.07, 6.45) is 5.34. The lowest BCUT2D eigenvalue weighted by Crippen LogP contribution is -2.55. The lowest BCUT2D eigenvalue weighted by molar-refractivity contribution is -0.0249. The number of carbonyl (C=O) groups is 1. The quantitative estimate of drug-likeness (QED) is 0.859. The van der Waals surface area contributed by atoms with Gasteiger partial charge in [0, 0.05) is 44.9 Å². The van der Waals surface area contributed by atoms with E-state index >= 15 is 0 Å². The van der Waals surface area contributed by atoms with Crippen molar-refractivity contribution in [1.29, 1.82) is 0 Å². The van der Waals surface area contributed by atoms with Crippen molar-refractivity contribution in [3.63, 3.8) is 0 Å². The molecule has 1 saturated carbocycles. The van der Waals surface area contributed by atoms with Gasteiger partial charge in [0.15, 0.2) is 0 Å². The van der Waals surface area contributed by atoms with Crippen molar-refractivity contribution >= 4 is 5.91 Å². The normalized spacial score (nSPS) is 26.9. The first kappa shape index (κ1) is 15.5. The summed E-state index contributed by atoms with van der Waals surface area (Å²) in [5.41, 5.74) is 0.795. The fraction of sp³-hybridized carbons (Fsp3) is 0.611. The van der Waals surface area contributed by atoms with E-state index in [2.05, 4.69) is 4.90 Å². The average Bonchev–Trinajstić information content (AvgIpc) is 2.62. The molecule has 1 aromatic rings. The molecule has 0 radical (unpaired) electrons. The van der Waals surface area contributed by atoms with Crippen LogP contribution >= 0.6 is 0 Å². The highest BCUT2D eigenvalue weighted by molar-refractivity contribution is 5.94. The van der Waals surface area contributed by atoms with Gasteiger partial charge >= 0.3 is 0 Å². The van der Waals surface area contributed by atoms with Crippen LogP contribution in [0.4, 0.5) is 0 Å². The number of piperazine rings is 1. The van der Waals surface area contributed by atoms with Gasteiger partial charge in [0.1, 0.15) is 0 Å². The Morgan fingerprint density at radius 1 is 1.05 bits per heavy atom. The van der Waals surface area contributed by atoms with Crippen LogP contribution in [-0.2, 0) is 4.74 Å². The number of amides is 1. The zero-order chi connectivity index (χ0) is 15.4. The molecule has 120 valence electrons. The molecule has 2 aliphatic rings. The number of methoxy groups -OCH3 is 1. The van der Waals surface area contributed by atoms with E-state index in [4.69, 9.17) is 4.74 Å². The Balaban J connectivity index is 1.57. The minimum atomic E-state index is 0.159. The van der Waals surface area contributed by atoms with Crippen LogP contribution in [0.15, 0.2) is 30.3 Å². The number of nitrogens with zero attached hydrogens (tertiary/aromatic N) is 2. The van der Waals surface area contributed by atoms with Crippen LogP contribution in [0, 0.1) is 0 Å². The maximum absolute atomic E-state index is 12.5. The van der Waals surface area contributed by atoms with Crippen LogP contribution in [0.25, 0.3) is 0 Å².